The van der Waals surface area contributed by atoms with Crippen molar-refractivity contribution in [3.63, 3.8) is 0 Å². The normalized spacial score (nSPS) is 11.8. The molecule has 0 aliphatic carbocycles. The van der Waals surface area contributed by atoms with Crippen LogP contribution in [0.5, 0.6) is 28.7 Å². The first-order valence-corrected chi connectivity index (χ1v) is 43.2. The Morgan fingerprint density at radius 2 is 0.686 bits per heavy atom. The minimum absolute atomic E-state index is 0.00356. The Bertz CT molecular complexity index is 5370. The number of pyridine rings is 2. The van der Waals surface area contributed by atoms with Gasteiger partial charge in [0.2, 0.25) is 29.3 Å². The van der Waals surface area contributed by atoms with Crippen LogP contribution >= 0.6 is 0 Å². The van der Waals surface area contributed by atoms with Gasteiger partial charge in [-0.3, -0.25) is 33.6 Å². The maximum atomic E-state index is 13.2. The number of methoxy groups -OCH3 is 4. The van der Waals surface area contributed by atoms with Gasteiger partial charge in [-0.05, 0) is 217 Å². The molecule has 0 aliphatic rings. The van der Waals surface area contributed by atoms with Gasteiger partial charge in [0.1, 0.15) is 79.4 Å². The lowest BCUT2D eigenvalue weighted by molar-refractivity contribution is -0.150. The number of carboxylic acid groups (broad SMARTS) is 3. The van der Waals surface area contributed by atoms with E-state index < -0.39 is 161 Å². The van der Waals surface area contributed by atoms with Crippen molar-refractivity contribution in [1.29, 1.82) is 0 Å². The number of ketones is 2. The van der Waals surface area contributed by atoms with E-state index in [1.54, 1.807) is 118 Å². The number of ether oxygens (including phenoxy) is 9. The first kappa shape index (κ1) is 115. The molecule has 140 heavy (non-hydrogen) atoms. The molecule has 0 saturated carbocycles. The standard InChI is InChI=1S/C36H42FN3O9.C29H39N3O8.C18H23FN4O8.C12H4F5NO2/c1-24(41)31(6-4-5-21-38-34(43)27-11-13-28(37)14-12-27)39-36(45)40-32(35(44)49-23-26-9-17-30(47-3)18-10-26)19-20-33(42)48-22-25-7-15-29(46-2)16-8-25;1-20(33)25(6-4-5-17-30)31-29(36)32-26(28(35)40-19-22-9-13-24(38-3)14-10-22)15-16-27(34)39-18-21-7-11-23(37-2)12-8-21;19-13-6-4-10(9-21-13)15(26)20-8-2-1-3-11(16(27)28)22-18(31)23-12(17(29)30)5-7-14(24)25;13-6-3-7(14)10(17)11(9(6)16)20-12(19)5-1-2-8(15)18-4-5/h7-18,31-32H,4-6,19-23H2,1-3H3,(H,38,43)(H2,39,40,45);7-14,25-26H,4-6,15-19,30H2,1-3H3,(H2,31,32,36);4,6,9,11-12H,1-3,5,7-8H2,(H,20,26)(H,24,25)(H,27,28)(H,29,30)(H2,22,23,31);1-4H/i37-1;;19-1;15-1. The van der Waals surface area contributed by atoms with E-state index in [4.69, 9.17) is 53.8 Å². The third kappa shape index (κ3) is 43.9. The molecule has 0 radical (unpaired) electrons. The fourth-order valence-corrected chi connectivity index (χ4v) is 12.0. The summed E-state index contributed by atoms with van der Waals surface area (Å²) in [4.78, 5) is 188. The number of amides is 8. The highest BCUT2D eigenvalue weighted by atomic mass is 19.2. The summed E-state index contributed by atoms with van der Waals surface area (Å²) in [6, 6.07) is 27.7. The number of nitrogens with zero attached hydrogens (tertiary/aromatic N) is 2. The molecule has 45 heteroatoms. The summed E-state index contributed by atoms with van der Waals surface area (Å²) in [5.74, 6) is -17.4. The minimum Gasteiger partial charge on any atom is -0.497 e. The summed E-state index contributed by atoms with van der Waals surface area (Å²) in [7, 11) is 6.19. The second-order valence-corrected chi connectivity index (χ2v) is 30.2. The molecule has 8 aromatic rings. The Morgan fingerprint density at radius 1 is 0.364 bits per heavy atom. The number of rotatable bonds is 51. The monoisotopic (exact) mass is 1960 g/mol. The molecular weight excluding hydrogens is 1860 g/mol. The van der Waals surface area contributed by atoms with Crippen LogP contribution in [-0.4, -0.2) is 199 Å². The molecule has 0 aliphatic heterocycles. The van der Waals surface area contributed by atoms with E-state index in [1.165, 1.54) is 51.3 Å². The number of Topliss-reactive ketones (excluding diaryl/α,β-unsaturated/α-hetero) is 2. The lowest BCUT2D eigenvalue weighted by Gasteiger charge is -2.21. The summed E-state index contributed by atoms with van der Waals surface area (Å²) in [5.41, 5.74) is 8.56. The van der Waals surface area contributed by atoms with Crippen molar-refractivity contribution < 1.29 is 161 Å². The van der Waals surface area contributed by atoms with Crippen molar-refractivity contribution in [1.82, 2.24) is 52.5 Å². The molecule has 6 aromatic carbocycles. The number of hydrogen-bond acceptors (Lipinski definition) is 27. The van der Waals surface area contributed by atoms with Crippen molar-refractivity contribution in [2.75, 3.05) is 48.1 Å². The Labute approximate surface area is 798 Å². The highest BCUT2D eigenvalue weighted by Crippen LogP contribution is 2.28. The summed E-state index contributed by atoms with van der Waals surface area (Å²) in [5, 5.41) is 46.6. The molecule has 0 bridgehead atoms. The van der Waals surface area contributed by atoms with Gasteiger partial charge in [-0.25, -0.2) is 61.5 Å². The van der Waals surface area contributed by atoms with Crippen LogP contribution in [0.1, 0.15) is 163 Å². The van der Waals surface area contributed by atoms with Gasteiger partial charge in [0, 0.05) is 56.4 Å². The Kier molecular flexibility index (Phi) is 50.8. The number of halogens is 7. The number of unbranched alkanes of at least 4 members (excludes halogenated alkanes) is 3. The van der Waals surface area contributed by atoms with Crippen LogP contribution in [0.25, 0.3) is 0 Å². The van der Waals surface area contributed by atoms with E-state index >= 15 is 0 Å². The highest BCUT2D eigenvalue weighted by molar-refractivity contribution is 5.95. The zero-order chi connectivity index (χ0) is 103. The maximum absolute atomic E-state index is 13.2. The van der Waals surface area contributed by atoms with Crippen LogP contribution in [0.15, 0.2) is 164 Å². The zero-order valence-corrected chi connectivity index (χ0v) is 76.9. The summed E-state index contributed by atoms with van der Waals surface area (Å²) in [6.07, 6.45) is 4.21. The van der Waals surface area contributed by atoms with E-state index in [2.05, 4.69) is 51.9 Å². The maximum Gasteiger partial charge on any atom is 0.345 e. The highest BCUT2D eigenvalue weighted by Gasteiger charge is 2.31. The average Bonchev–Trinajstić information content (AvgIpc) is 0.809. The van der Waals surface area contributed by atoms with Gasteiger partial charge >= 0.3 is 65.8 Å². The third-order valence-electron chi connectivity index (χ3n) is 19.8. The van der Waals surface area contributed by atoms with Crippen molar-refractivity contribution in [2.24, 2.45) is 5.73 Å². The number of aromatic nitrogens is 2. The molecule has 13 N–H and O–H groups in total. The van der Waals surface area contributed by atoms with Gasteiger partial charge in [0.15, 0.2) is 23.2 Å². The zero-order valence-electron chi connectivity index (χ0n) is 76.9. The number of nitrogens with two attached hydrogens (primary N) is 1. The van der Waals surface area contributed by atoms with Crippen molar-refractivity contribution >= 4 is 89.2 Å². The molecular formula is C95H108F7N11O27. The second-order valence-electron chi connectivity index (χ2n) is 30.2. The summed E-state index contributed by atoms with van der Waals surface area (Å²) in [6.45, 7) is 3.64. The molecule has 0 spiro atoms. The van der Waals surface area contributed by atoms with Crippen LogP contribution in [0.2, 0.25) is 0 Å². The number of benzene rings is 6. The minimum atomic E-state index is -1.85. The molecule has 6 atom stereocenters. The van der Waals surface area contributed by atoms with Crippen LogP contribution in [0, 0.1) is 41.0 Å². The smallest absolute Gasteiger partial charge is 0.345 e. The number of carbonyl (C=O) groups is 15. The molecule has 2 heterocycles. The van der Waals surface area contributed by atoms with E-state index in [0.717, 1.165) is 41.7 Å². The molecule has 754 valence electrons. The fraction of sp³-hybridized carbons (Fsp3) is 0.358. The molecule has 6 unspecified atom stereocenters. The molecule has 0 fully saturated rings. The van der Waals surface area contributed by atoms with Crippen LogP contribution < -0.4 is 72.0 Å². The van der Waals surface area contributed by atoms with E-state index in [-0.39, 0.29) is 113 Å². The fourth-order valence-electron chi connectivity index (χ4n) is 12.0. The predicted molar refractivity (Wildman–Crippen MR) is 482 cm³/mol. The van der Waals surface area contributed by atoms with E-state index in [0.29, 0.717) is 97.7 Å². The number of aliphatic carboxylic acids is 3. The number of carbonyl (C=O) groups excluding carboxylic acids is 12. The lowest BCUT2D eigenvalue weighted by atomic mass is 10.1. The SMILES string of the molecule is COc1ccc(COC(=O)CCC(NC(=O)NC(CCCCN)C(C)=O)C(=O)OCc2ccc(OC)cc2)cc1.COc1ccc(COC(=O)CCC(NC(=O)NC(CCCCNC(=O)c2ccc([18F])cc2)C(C)=O)C(=O)OCc2ccc(OC)cc2)cc1.O=C(O)CCC(NC(=O)NC(CCCCNC(=O)c1ccc([18F])nc1)C(=O)O)C(=O)O.O=C(Oc1c(F)c(F)cc(F)c1F)c1ccc([18F])nc1. The van der Waals surface area contributed by atoms with Crippen LogP contribution in [0.4, 0.5) is 45.1 Å². The first-order valence-electron chi connectivity index (χ1n) is 43.2. The predicted octanol–water partition coefficient (Wildman–Crippen LogP) is 10.8. The van der Waals surface area contributed by atoms with Gasteiger partial charge < -0.3 is 106 Å². The quantitative estimate of drug-likeness (QED) is 0.00320. The Balaban J connectivity index is 0.000000343. The van der Waals surface area contributed by atoms with E-state index in [1.807, 2.05) is 5.32 Å². The molecule has 8 rings (SSSR count). The lowest BCUT2D eigenvalue weighted by Crippen LogP contribution is -2.51. The average molecular weight is 1970 g/mol. The van der Waals surface area contributed by atoms with Gasteiger partial charge in [-0.15, -0.1) is 0 Å². The molecule has 2 aromatic heterocycles. The number of carboxylic acids is 3. The van der Waals surface area contributed by atoms with E-state index in [9.17, 15) is 108 Å². The molecule has 8 amide bonds. The van der Waals surface area contributed by atoms with Crippen molar-refractivity contribution in [3.8, 4) is 28.7 Å². The number of esters is 5. The molecule has 0 saturated heterocycles. The Morgan fingerprint density at radius 3 is 1.03 bits per heavy atom. The van der Waals surface area contributed by atoms with Gasteiger partial charge in [-0.2, -0.15) is 17.6 Å². The Hall–Kier alpha value is -15.9. The van der Waals surface area contributed by atoms with Crippen molar-refractivity contribution in [2.45, 2.75) is 173 Å². The second kappa shape index (κ2) is 62.0. The van der Waals surface area contributed by atoms with Gasteiger partial charge in [0.05, 0.1) is 51.6 Å². The number of nitrogens with one attached hydrogen (secondary N) is 8. The first-order chi connectivity index (χ1) is 66.8. The van der Waals surface area contributed by atoms with Crippen molar-refractivity contribution in [3.05, 3.63) is 244 Å². The summed E-state index contributed by atoms with van der Waals surface area (Å²) < 4.78 is 137. The topological polar surface area (TPSA) is 548 Å². The van der Waals surface area contributed by atoms with Gasteiger partial charge in [-0.1, -0.05) is 48.5 Å². The van der Waals surface area contributed by atoms with Gasteiger partial charge in [0.25, 0.3) is 11.8 Å². The van der Waals surface area contributed by atoms with Crippen LogP contribution in [0.3, 0.4) is 0 Å². The number of urea groups is 3. The molecule has 38 nitrogen and oxygen atoms in total. The summed E-state index contributed by atoms with van der Waals surface area (Å²) >= 11 is 0. The number of hydrogen-bond donors (Lipinski definition) is 12. The third-order valence-corrected chi connectivity index (χ3v) is 19.8. The van der Waals surface area contributed by atoms with Crippen LogP contribution in [-0.2, 0) is 88.5 Å². The largest absolute Gasteiger partial charge is 0.497 e.